The molecular formula is C20H17ClN2O3. The predicted octanol–water partition coefficient (Wildman–Crippen LogP) is 5.12. The fourth-order valence-electron chi connectivity index (χ4n) is 2.45. The number of rotatable bonds is 5. The van der Waals surface area contributed by atoms with E-state index in [0.717, 1.165) is 18.4 Å². The second-order valence-corrected chi connectivity index (χ2v) is 6.57. The minimum atomic E-state index is -0.609. The summed E-state index contributed by atoms with van der Waals surface area (Å²) in [6.07, 6.45) is 1.61. The maximum Gasteiger partial charge on any atom is 0.269 e. The van der Waals surface area contributed by atoms with Crippen LogP contribution in [-0.2, 0) is 4.79 Å². The van der Waals surface area contributed by atoms with Crippen LogP contribution in [-0.4, -0.2) is 11.0 Å². The number of halogens is 1. The number of nitrogens with zero attached hydrogens (tertiary/aromatic N) is 1. The average molecular weight is 369 g/mol. The smallest absolute Gasteiger partial charge is 0.269 e. The standard InChI is InChI=1S/C20H17ClN2O3/c1-12-10-15(23-20(25)17(11-22)19(24)13-2-3-13)6-9-18(12)26-16-7-4-14(21)5-8-16/h4-10,13,24H,2-3H2,1H3,(H,23,25)/b19-17-. The van der Waals surface area contributed by atoms with Crippen LogP contribution in [0.1, 0.15) is 18.4 Å². The summed E-state index contributed by atoms with van der Waals surface area (Å²) in [6, 6.07) is 14.0. The number of carbonyl (C=O) groups excluding carboxylic acids is 1. The van der Waals surface area contributed by atoms with Crippen LogP contribution >= 0.6 is 11.6 Å². The van der Waals surface area contributed by atoms with Crippen molar-refractivity contribution in [1.82, 2.24) is 0 Å². The number of ether oxygens (including phenoxy) is 1. The Balaban J connectivity index is 1.73. The zero-order chi connectivity index (χ0) is 18.7. The van der Waals surface area contributed by atoms with Gasteiger partial charge in [-0.05, 0) is 67.8 Å². The highest BCUT2D eigenvalue weighted by molar-refractivity contribution is 6.30. The monoisotopic (exact) mass is 368 g/mol. The number of nitrogens with one attached hydrogen (secondary N) is 1. The fraction of sp³-hybridized carbons (Fsp3) is 0.200. The van der Waals surface area contributed by atoms with Crippen LogP contribution in [0.4, 0.5) is 5.69 Å². The molecule has 2 N–H and O–H groups in total. The molecule has 2 aromatic carbocycles. The van der Waals surface area contributed by atoms with Gasteiger partial charge < -0.3 is 15.2 Å². The number of amides is 1. The van der Waals surface area contributed by atoms with Gasteiger partial charge in [-0.2, -0.15) is 5.26 Å². The lowest BCUT2D eigenvalue weighted by atomic mass is 10.1. The molecule has 0 aliphatic heterocycles. The zero-order valence-electron chi connectivity index (χ0n) is 14.1. The van der Waals surface area contributed by atoms with E-state index in [2.05, 4.69) is 5.32 Å². The number of hydrogen-bond acceptors (Lipinski definition) is 4. The second kappa shape index (κ2) is 7.51. The van der Waals surface area contributed by atoms with Crippen LogP contribution in [0.5, 0.6) is 11.5 Å². The normalized spacial score (nSPS) is 14.2. The van der Waals surface area contributed by atoms with Crippen LogP contribution in [0.15, 0.2) is 53.8 Å². The van der Waals surface area contributed by atoms with E-state index in [1.54, 1.807) is 48.5 Å². The number of nitriles is 1. The number of aryl methyl sites for hydroxylation is 1. The van der Waals surface area contributed by atoms with Crippen molar-refractivity contribution in [3.8, 4) is 17.6 Å². The number of hydrogen-bond donors (Lipinski definition) is 2. The molecule has 0 bridgehead atoms. The summed E-state index contributed by atoms with van der Waals surface area (Å²) in [5.41, 5.74) is 1.10. The summed E-state index contributed by atoms with van der Waals surface area (Å²) < 4.78 is 5.80. The average Bonchev–Trinajstić information content (AvgIpc) is 3.45. The molecule has 0 spiro atoms. The van der Waals surface area contributed by atoms with Gasteiger partial charge in [0, 0.05) is 16.6 Å². The van der Waals surface area contributed by atoms with Crippen molar-refractivity contribution in [3.05, 3.63) is 64.4 Å². The highest BCUT2D eigenvalue weighted by Gasteiger charge is 2.30. The number of carbonyl (C=O) groups is 1. The van der Waals surface area contributed by atoms with E-state index in [-0.39, 0.29) is 17.3 Å². The van der Waals surface area contributed by atoms with Gasteiger partial charge in [0.15, 0.2) is 5.57 Å². The Morgan fingerprint density at radius 3 is 2.54 bits per heavy atom. The van der Waals surface area contributed by atoms with Gasteiger partial charge in [0.25, 0.3) is 5.91 Å². The highest BCUT2D eigenvalue weighted by Crippen LogP contribution is 2.36. The fourth-order valence-corrected chi connectivity index (χ4v) is 2.58. The van der Waals surface area contributed by atoms with Crippen molar-refractivity contribution in [2.75, 3.05) is 5.32 Å². The molecule has 1 saturated carbocycles. The minimum absolute atomic E-state index is 0.0627. The molecule has 0 unspecified atom stereocenters. The Labute approximate surface area is 156 Å². The van der Waals surface area contributed by atoms with Crippen molar-refractivity contribution < 1.29 is 14.6 Å². The quantitative estimate of drug-likeness (QED) is 0.435. The van der Waals surface area contributed by atoms with E-state index >= 15 is 0 Å². The molecule has 1 aliphatic carbocycles. The lowest BCUT2D eigenvalue weighted by Crippen LogP contribution is -2.16. The summed E-state index contributed by atoms with van der Waals surface area (Å²) in [5, 5.41) is 22.4. The van der Waals surface area contributed by atoms with Crippen LogP contribution in [0.2, 0.25) is 5.02 Å². The molecule has 0 heterocycles. The summed E-state index contributed by atoms with van der Waals surface area (Å²) in [5.74, 6) is 0.500. The second-order valence-electron chi connectivity index (χ2n) is 6.14. The summed E-state index contributed by atoms with van der Waals surface area (Å²) in [7, 11) is 0. The molecule has 0 saturated heterocycles. The third-order valence-electron chi connectivity index (χ3n) is 4.03. The lowest BCUT2D eigenvalue weighted by Gasteiger charge is -2.11. The first-order valence-corrected chi connectivity index (χ1v) is 8.54. The molecule has 3 rings (SSSR count). The van der Waals surface area contributed by atoms with Gasteiger partial charge in [0.05, 0.1) is 0 Å². The van der Waals surface area contributed by atoms with Crippen molar-refractivity contribution in [3.63, 3.8) is 0 Å². The first-order valence-electron chi connectivity index (χ1n) is 8.16. The largest absolute Gasteiger partial charge is 0.510 e. The molecule has 0 aromatic heterocycles. The van der Waals surface area contributed by atoms with Crippen molar-refractivity contribution in [2.45, 2.75) is 19.8 Å². The van der Waals surface area contributed by atoms with Crippen LogP contribution in [0.25, 0.3) is 0 Å². The Morgan fingerprint density at radius 1 is 1.27 bits per heavy atom. The molecule has 0 radical (unpaired) electrons. The molecule has 2 aromatic rings. The van der Waals surface area contributed by atoms with Gasteiger partial charge in [-0.3, -0.25) is 4.79 Å². The SMILES string of the molecule is Cc1cc(NC(=O)/C(C#N)=C(\O)C2CC2)ccc1Oc1ccc(Cl)cc1. The Hall–Kier alpha value is -2.97. The Kier molecular flexibility index (Phi) is 5.15. The van der Waals surface area contributed by atoms with E-state index in [1.165, 1.54) is 0 Å². The molecular weight excluding hydrogens is 352 g/mol. The zero-order valence-corrected chi connectivity index (χ0v) is 14.9. The predicted molar refractivity (Wildman–Crippen MR) is 99.3 cm³/mol. The molecule has 6 heteroatoms. The van der Waals surface area contributed by atoms with Gasteiger partial charge >= 0.3 is 0 Å². The topological polar surface area (TPSA) is 82.4 Å². The van der Waals surface area contributed by atoms with Gasteiger partial charge in [0.2, 0.25) is 0 Å². The number of allylic oxidation sites excluding steroid dienone is 1. The number of aliphatic hydroxyl groups is 1. The third-order valence-corrected chi connectivity index (χ3v) is 4.29. The molecule has 132 valence electrons. The number of anilines is 1. The first kappa shape index (κ1) is 17.8. The van der Waals surface area contributed by atoms with Crippen LogP contribution < -0.4 is 10.1 Å². The van der Waals surface area contributed by atoms with E-state index < -0.39 is 5.91 Å². The van der Waals surface area contributed by atoms with Crippen molar-refractivity contribution >= 4 is 23.2 Å². The van der Waals surface area contributed by atoms with Crippen LogP contribution in [0.3, 0.4) is 0 Å². The Bertz CT molecular complexity index is 910. The van der Waals surface area contributed by atoms with E-state index in [0.29, 0.717) is 22.2 Å². The molecule has 26 heavy (non-hydrogen) atoms. The minimum Gasteiger partial charge on any atom is -0.510 e. The van der Waals surface area contributed by atoms with Crippen molar-refractivity contribution in [2.24, 2.45) is 5.92 Å². The summed E-state index contributed by atoms with van der Waals surface area (Å²) in [4.78, 5) is 12.2. The van der Waals surface area contributed by atoms with E-state index in [1.807, 2.05) is 6.92 Å². The van der Waals surface area contributed by atoms with Gasteiger partial charge in [-0.1, -0.05) is 11.6 Å². The maximum absolute atomic E-state index is 12.2. The Morgan fingerprint density at radius 2 is 1.96 bits per heavy atom. The lowest BCUT2D eigenvalue weighted by molar-refractivity contribution is -0.112. The van der Waals surface area contributed by atoms with E-state index in [4.69, 9.17) is 21.6 Å². The molecule has 1 amide bonds. The van der Waals surface area contributed by atoms with Gasteiger partial charge in [0.1, 0.15) is 23.3 Å². The first-order chi connectivity index (χ1) is 12.5. The maximum atomic E-state index is 12.2. The van der Waals surface area contributed by atoms with E-state index in [9.17, 15) is 9.90 Å². The summed E-state index contributed by atoms with van der Waals surface area (Å²) >= 11 is 5.86. The van der Waals surface area contributed by atoms with Gasteiger partial charge in [-0.15, -0.1) is 0 Å². The number of aliphatic hydroxyl groups excluding tert-OH is 1. The highest BCUT2D eigenvalue weighted by atomic mass is 35.5. The van der Waals surface area contributed by atoms with Gasteiger partial charge in [-0.25, -0.2) is 0 Å². The third kappa shape index (κ3) is 4.16. The van der Waals surface area contributed by atoms with Crippen LogP contribution in [0, 0.1) is 24.2 Å². The molecule has 1 fully saturated rings. The number of benzene rings is 2. The van der Waals surface area contributed by atoms with Crippen molar-refractivity contribution in [1.29, 1.82) is 5.26 Å². The summed E-state index contributed by atoms with van der Waals surface area (Å²) in [6.45, 7) is 1.85. The molecule has 5 nitrogen and oxygen atoms in total. The molecule has 1 aliphatic rings. The molecule has 0 atom stereocenters.